The molecule has 0 N–H and O–H groups in total. The molecule has 2 aromatic rings. The molecule has 0 amide bonds. The topological polar surface area (TPSA) is 69.9 Å². The van der Waals surface area contributed by atoms with E-state index in [1.807, 2.05) is 25.3 Å². The van der Waals surface area contributed by atoms with Crippen molar-refractivity contribution in [1.29, 1.82) is 0 Å². The van der Waals surface area contributed by atoms with Gasteiger partial charge in [-0.1, -0.05) is 24.9 Å². The number of hydrogen-bond acceptors (Lipinski definition) is 5. The minimum atomic E-state index is -0.365. The van der Waals surface area contributed by atoms with Crippen molar-refractivity contribution in [3.05, 3.63) is 22.9 Å². The normalized spacial score (nSPS) is 12.2. The number of fused-ring (bicyclic) bond motifs is 1. The number of carbonyl (C=O) groups excluding carboxylic acids is 1. The molecular weight excluding hydrogens is 316 g/mol. The van der Waals surface area contributed by atoms with Crippen molar-refractivity contribution in [2.75, 3.05) is 6.61 Å². The first-order valence-electron chi connectivity index (χ1n) is 7.69. The van der Waals surface area contributed by atoms with Crippen molar-refractivity contribution < 1.29 is 9.53 Å². The van der Waals surface area contributed by atoms with Crippen LogP contribution in [-0.2, 0) is 9.53 Å². The van der Waals surface area contributed by atoms with Crippen molar-refractivity contribution in [3.63, 3.8) is 0 Å². The van der Waals surface area contributed by atoms with Crippen LogP contribution in [0.1, 0.15) is 52.4 Å². The molecule has 2 heterocycles. The summed E-state index contributed by atoms with van der Waals surface area (Å²) in [5, 5.41) is 0.271. The summed E-state index contributed by atoms with van der Waals surface area (Å²) in [5.74, 6) is 0.00507. The van der Waals surface area contributed by atoms with Crippen LogP contribution in [0.4, 0.5) is 0 Å². The fraction of sp³-hybridized carbons (Fsp3) is 0.500. The predicted octanol–water partition coefficient (Wildman–Crippen LogP) is 3.81. The summed E-state index contributed by atoms with van der Waals surface area (Å²) in [6.07, 6.45) is 5.10. The molecular formula is C16H21ClN4O2. The summed E-state index contributed by atoms with van der Waals surface area (Å²) < 4.78 is 7.08. The summed E-state index contributed by atoms with van der Waals surface area (Å²) in [6, 6.07) is 0.197. The van der Waals surface area contributed by atoms with E-state index < -0.39 is 0 Å². The molecule has 0 saturated heterocycles. The molecule has 0 saturated carbocycles. The molecule has 0 aliphatic heterocycles. The van der Waals surface area contributed by atoms with Crippen LogP contribution in [0.5, 0.6) is 0 Å². The Kier molecular flexibility index (Phi) is 5.71. The third-order valence-corrected chi connectivity index (χ3v) is 3.61. The number of unbranched alkanes of at least 4 members (excludes halogenated alkanes) is 1. The Labute approximate surface area is 140 Å². The van der Waals surface area contributed by atoms with Gasteiger partial charge in [-0.25, -0.2) is 19.7 Å². The van der Waals surface area contributed by atoms with Crippen molar-refractivity contribution in [3.8, 4) is 0 Å². The van der Waals surface area contributed by atoms with E-state index in [-0.39, 0.29) is 17.2 Å². The second kappa shape index (κ2) is 7.55. The highest BCUT2D eigenvalue weighted by atomic mass is 35.5. The number of hydrogen-bond donors (Lipinski definition) is 0. The Morgan fingerprint density at radius 3 is 2.83 bits per heavy atom. The lowest BCUT2D eigenvalue weighted by molar-refractivity contribution is -0.138. The third-order valence-electron chi connectivity index (χ3n) is 3.35. The van der Waals surface area contributed by atoms with Crippen LogP contribution in [0.3, 0.4) is 0 Å². The molecule has 0 aliphatic rings. The third kappa shape index (κ3) is 4.07. The summed E-state index contributed by atoms with van der Waals surface area (Å²) in [7, 11) is 0. The minimum absolute atomic E-state index is 0.197. The van der Waals surface area contributed by atoms with Gasteiger partial charge in [-0.15, -0.1) is 0 Å². The second-order valence-corrected chi connectivity index (χ2v) is 5.97. The maximum Gasteiger partial charge on any atom is 0.333 e. The predicted molar refractivity (Wildman–Crippen MR) is 90.2 cm³/mol. The monoisotopic (exact) mass is 336 g/mol. The Hall–Kier alpha value is -1.95. The summed E-state index contributed by atoms with van der Waals surface area (Å²) in [5.41, 5.74) is 1.64. The molecule has 0 bridgehead atoms. The molecule has 0 fully saturated rings. The standard InChI is InChI=1S/C16H21ClN4O2/c1-5-6-7-23-16(22)11(4)8-12-19-14(17)13-15(20-12)21(9-18-13)10(2)3/h8-10H,5-7H2,1-4H3/b11-8+. The van der Waals surface area contributed by atoms with Crippen LogP contribution >= 0.6 is 11.6 Å². The molecule has 0 aliphatic carbocycles. The molecule has 23 heavy (non-hydrogen) atoms. The van der Waals surface area contributed by atoms with E-state index in [1.165, 1.54) is 0 Å². The van der Waals surface area contributed by atoms with Gasteiger partial charge in [-0.2, -0.15) is 0 Å². The fourth-order valence-electron chi connectivity index (χ4n) is 2.02. The van der Waals surface area contributed by atoms with Crippen LogP contribution in [0.2, 0.25) is 5.15 Å². The van der Waals surface area contributed by atoms with Gasteiger partial charge in [-0.3, -0.25) is 0 Å². The van der Waals surface area contributed by atoms with Crippen LogP contribution in [0, 0.1) is 0 Å². The molecule has 7 heteroatoms. The zero-order valence-corrected chi connectivity index (χ0v) is 14.6. The van der Waals surface area contributed by atoms with Gasteiger partial charge >= 0.3 is 5.97 Å². The average molecular weight is 337 g/mol. The maximum atomic E-state index is 11.9. The fourth-order valence-corrected chi connectivity index (χ4v) is 2.24. The number of aromatic nitrogens is 4. The van der Waals surface area contributed by atoms with Crippen molar-refractivity contribution in [2.24, 2.45) is 0 Å². The number of imidazole rings is 1. The number of halogens is 1. The number of ether oxygens (including phenoxy) is 1. The van der Waals surface area contributed by atoms with Crippen molar-refractivity contribution in [2.45, 2.75) is 46.6 Å². The quantitative estimate of drug-likeness (QED) is 0.347. The van der Waals surface area contributed by atoms with Crippen LogP contribution in [0.25, 0.3) is 17.2 Å². The van der Waals surface area contributed by atoms with E-state index in [0.29, 0.717) is 29.2 Å². The zero-order chi connectivity index (χ0) is 17.0. The highest BCUT2D eigenvalue weighted by Gasteiger charge is 2.14. The molecule has 0 radical (unpaired) electrons. The highest BCUT2D eigenvalue weighted by molar-refractivity contribution is 6.33. The second-order valence-electron chi connectivity index (χ2n) is 5.61. The molecule has 0 aromatic carbocycles. The minimum Gasteiger partial charge on any atom is -0.462 e. The number of esters is 1. The van der Waals surface area contributed by atoms with Gasteiger partial charge in [0.05, 0.1) is 12.9 Å². The first-order valence-corrected chi connectivity index (χ1v) is 8.07. The molecule has 2 rings (SSSR count). The zero-order valence-electron chi connectivity index (χ0n) is 13.8. The summed E-state index contributed by atoms with van der Waals surface area (Å²) in [6.45, 7) is 8.20. The smallest absolute Gasteiger partial charge is 0.333 e. The van der Waals surface area contributed by atoms with E-state index in [0.717, 1.165) is 12.8 Å². The van der Waals surface area contributed by atoms with Crippen molar-refractivity contribution in [1.82, 2.24) is 19.5 Å². The summed E-state index contributed by atoms with van der Waals surface area (Å²) >= 11 is 6.17. The van der Waals surface area contributed by atoms with E-state index in [2.05, 4.69) is 15.0 Å². The van der Waals surface area contributed by atoms with Gasteiger partial charge in [0.25, 0.3) is 0 Å². The first kappa shape index (κ1) is 17.4. The largest absolute Gasteiger partial charge is 0.462 e. The maximum absolute atomic E-state index is 11.9. The molecule has 124 valence electrons. The van der Waals surface area contributed by atoms with Gasteiger partial charge in [0.1, 0.15) is 5.52 Å². The lowest BCUT2D eigenvalue weighted by Crippen LogP contribution is -2.07. The molecule has 0 unspecified atom stereocenters. The Bertz CT molecular complexity index is 737. The van der Waals surface area contributed by atoms with Crippen molar-refractivity contribution >= 4 is 34.8 Å². The Balaban J connectivity index is 2.30. The molecule has 0 spiro atoms. The number of carbonyl (C=O) groups is 1. The molecule has 2 aromatic heterocycles. The highest BCUT2D eigenvalue weighted by Crippen LogP contribution is 2.22. The van der Waals surface area contributed by atoms with Gasteiger partial charge in [0.2, 0.25) is 0 Å². The lowest BCUT2D eigenvalue weighted by Gasteiger charge is -2.07. The van der Waals surface area contributed by atoms with Gasteiger partial charge in [-0.05, 0) is 33.3 Å². The van der Waals surface area contributed by atoms with Crippen LogP contribution in [-0.4, -0.2) is 32.1 Å². The molecule has 0 atom stereocenters. The van der Waals surface area contributed by atoms with E-state index in [4.69, 9.17) is 16.3 Å². The van der Waals surface area contributed by atoms with Gasteiger partial charge < -0.3 is 9.30 Å². The van der Waals surface area contributed by atoms with E-state index >= 15 is 0 Å². The van der Waals surface area contributed by atoms with Gasteiger partial charge in [0.15, 0.2) is 16.6 Å². The summed E-state index contributed by atoms with van der Waals surface area (Å²) in [4.78, 5) is 24.8. The van der Waals surface area contributed by atoms with Crippen LogP contribution < -0.4 is 0 Å². The molecule has 6 nitrogen and oxygen atoms in total. The Morgan fingerprint density at radius 1 is 1.43 bits per heavy atom. The SMILES string of the molecule is CCCCOC(=O)/C(C)=C/c1nc(Cl)c2ncn(C(C)C)c2n1. The first-order chi connectivity index (χ1) is 10.9. The Morgan fingerprint density at radius 2 is 2.17 bits per heavy atom. The van der Waals surface area contributed by atoms with Gasteiger partial charge in [0, 0.05) is 11.6 Å². The van der Waals surface area contributed by atoms with E-state index in [1.54, 1.807) is 19.3 Å². The van der Waals surface area contributed by atoms with E-state index in [9.17, 15) is 4.79 Å². The average Bonchev–Trinajstić information content (AvgIpc) is 2.91. The number of rotatable bonds is 6. The van der Waals surface area contributed by atoms with Crippen LogP contribution in [0.15, 0.2) is 11.9 Å². The number of nitrogens with zero attached hydrogens (tertiary/aromatic N) is 4. The lowest BCUT2D eigenvalue weighted by atomic mass is 10.2.